The van der Waals surface area contributed by atoms with Crippen LogP contribution >= 0.6 is 0 Å². The first-order valence-electron chi connectivity index (χ1n) is 10.2. The Morgan fingerprint density at radius 2 is 1.86 bits per heavy atom. The van der Waals surface area contributed by atoms with E-state index < -0.39 is 0 Å². The van der Waals surface area contributed by atoms with E-state index in [9.17, 15) is 4.79 Å². The molecule has 0 aliphatic carbocycles. The smallest absolute Gasteiger partial charge is 0.199 e. The second kappa shape index (κ2) is 7.70. The molecule has 148 valence electrons. The third kappa shape index (κ3) is 3.63. The molecule has 0 amide bonds. The summed E-state index contributed by atoms with van der Waals surface area (Å²) in [6, 6.07) is 16.9. The first-order valence-corrected chi connectivity index (χ1v) is 10.2. The van der Waals surface area contributed by atoms with Crippen molar-refractivity contribution in [2.24, 2.45) is 0 Å². The van der Waals surface area contributed by atoms with Gasteiger partial charge in [-0.25, -0.2) is 4.98 Å². The monoisotopic (exact) mass is 385 g/mol. The van der Waals surface area contributed by atoms with E-state index in [4.69, 9.17) is 0 Å². The number of aromatic amines is 1. The van der Waals surface area contributed by atoms with Crippen molar-refractivity contribution in [3.05, 3.63) is 89.1 Å². The van der Waals surface area contributed by atoms with Crippen LogP contribution in [-0.4, -0.2) is 20.3 Å². The molecule has 0 saturated carbocycles. The van der Waals surface area contributed by atoms with Crippen LogP contribution in [0.25, 0.3) is 10.9 Å². The highest BCUT2D eigenvalue weighted by atomic mass is 16.1. The molecule has 0 fully saturated rings. The lowest BCUT2D eigenvalue weighted by Gasteiger charge is -2.18. The van der Waals surface area contributed by atoms with Gasteiger partial charge in [-0.15, -0.1) is 0 Å². The van der Waals surface area contributed by atoms with Gasteiger partial charge in [-0.1, -0.05) is 42.0 Å². The van der Waals surface area contributed by atoms with E-state index in [-0.39, 0.29) is 17.7 Å². The number of fused-ring (bicyclic) bond motifs is 1. The molecule has 4 heteroatoms. The average Bonchev–Trinajstić information content (AvgIpc) is 3.32. The third-order valence-corrected chi connectivity index (χ3v) is 5.67. The lowest BCUT2D eigenvalue weighted by Crippen LogP contribution is -2.16. The summed E-state index contributed by atoms with van der Waals surface area (Å²) in [5.74, 6) is 0.547. The highest BCUT2D eigenvalue weighted by Gasteiger charge is 2.25. The number of aromatic nitrogens is 3. The Morgan fingerprint density at radius 3 is 2.59 bits per heavy atom. The number of hydrogen-bond donors (Lipinski definition) is 1. The molecule has 4 aromatic rings. The Kier molecular flexibility index (Phi) is 5.10. The molecule has 2 aromatic carbocycles. The number of imidazole rings is 1. The van der Waals surface area contributed by atoms with Crippen LogP contribution in [0.15, 0.2) is 60.9 Å². The number of hydrogen-bond acceptors (Lipinski definition) is 2. The maximum absolute atomic E-state index is 13.3. The second-order valence-corrected chi connectivity index (χ2v) is 8.06. The minimum Gasteiger partial charge on any atom is -0.358 e. The molecule has 0 unspecified atom stereocenters. The molecule has 4 nitrogen and oxygen atoms in total. The van der Waals surface area contributed by atoms with E-state index in [1.165, 1.54) is 16.5 Å². The lowest BCUT2D eigenvalue weighted by molar-refractivity contribution is 0.0961. The molecular weight excluding hydrogens is 358 g/mol. The molecule has 0 aliphatic rings. The minimum atomic E-state index is -0.0475. The molecule has 1 N–H and O–H groups in total. The predicted octanol–water partition coefficient (Wildman–Crippen LogP) is 5.97. The standard InChI is InChI=1S/C25H27N3O/c1-16(2)28-13-12-26-25(28)23(29)15-21(19-8-6-5-7-9-19)24-18(4)20-14-17(3)10-11-22(20)27-24/h5-14,16,21,27H,15H2,1-4H3/t21-/m0/s1. The molecule has 4 rings (SSSR count). The molecule has 0 aliphatic heterocycles. The average molecular weight is 386 g/mol. The van der Waals surface area contributed by atoms with Crippen LogP contribution in [0.3, 0.4) is 0 Å². The summed E-state index contributed by atoms with van der Waals surface area (Å²) in [5, 5.41) is 1.22. The molecular formula is C25H27N3O. The second-order valence-electron chi connectivity index (χ2n) is 8.06. The zero-order valence-corrected chi connectivity index (χ0v) is 17.4. The van der Waals surface area contributed by atoms with Crippen molar-refractivity contribution in [1.29, 1.82) is 0 Å². The summed E-state index contributed by atoms with van der Waals surface area (Å²) >= 11 is 0. The van der Waals surface area contributed by atoms with Gasteiger partial charge in [-0.2, -0.15) is 0 Å². The summed E-state index contributed by atoms with van der Waals surface area (Å²) in [6.07, 6.45) is 3.97. The van der Waals surface area contributed by atoms with Crippen molar-refractivity contribution in [2.75, 3.05) is 0 Å². The molecule has 0 bridgehead atoms. The van der Waals surface area contributed by atoms with Gasteiger partial charge >= 0.3 is 0 Å². The van der Waals surface area contributed by atoms with E-state index >= 15 is 0 Å². The van der Waals surface area contributed by atoms with Gasteiger partial charge in [-0.05, 0) is 51.0 Å². The normalized spacial score (nSPS) is 12.6. The van der Waals surface area contributed by atoms with E-state index in [2.05, 4.69) is 68.0 Å². The number of nitrogens with one attached hydrogen (secondary N) is 1. The zero-order chi connectivity index (χ0) is 20.5. The molecule has 0 spiro atoms. The van der Waals surface area contributed by atoms with Gasteiger partial charge in [0.1, 0.15) is 0 Å². The van der Waals surface area contributed by atoms with Crippen molar-refractivity contribution < 1.29 is 4.79 Å². The number of rotatable bonds is 6. The van der Waals surface area contributed by atoms with Crippen molar-refractivity contribution in [1.82, 2.24) is 14.5 Å². The van der Waals surface area contributed by atoms with Crippen LogP contribution in [0.1, 0.15) is 65.2 Å². The van der Waals surface area contributed by atoms with Gasteiger partial charge < -0.3 is 9.55 Å². The van der Waals surface area contributed by atoms with E-state index in [1.807, 2.05) is 29.0 Å². The Hall–Kier alpha value is -3.14. The van der Waals surface area contributed by atoms with E-state index in [0.29, 0.717) is 12.2 Å². The predicted molar refractivity (Wildman–Crippen MR) is 118 cm³/mol. The number of Topliss-reactive ketones (excluding diaryl/α,β-unsaturated/α-hetero) is 1. The molecule has 29 heavy (non-hydrogen) atoms. The highest BCUT2D eigenvalue weighted by molar-refractivity contribution is 5.94. The molecule has 2 heterocycles. The van der Waals surface area contributed by atoms with Crippen LogP contribution in [0.4, 0.5) is 0 Å². The summed E-state index contributed by atoms with van der Waals surface area (Å²) < 4.78 is 1.95. The Balaban J connectivity index is 1.78. The van der Waals surface area contributed by atoms with Crippen LogP contribution in [0.5, 0.6) is 0 Å². The number of benzene rings is 2. The largest absolute Gasteiger partial charge is 0.358 e. The quantitative estimate of drug-likeness (QED) is 0.416. The Bertz CT molecular complexity index is 1150. The number of aryl methyl sites for hydroxylation is 2. The fraction of sp³-hybridized carbons (Fsp3) is 0.280. The Morgan fingerprint density at radius 1 is 1.10 bits per heavy atom. The minimum absolute atomic E-state index is 0.0475. The fourth-order valence-electron chi connectivity index (χ4n) is 4.10. The third-order valence-electron chi connectivity index (χ3n) is 5.67. The number of ketones is 1. The number of carbonyl (C=O) groups is 1. The van der Waals surface area contributed by atoms with Gasteiger partial charge in [0.25, 0.3) is 0 Å². The van der Waals surface area contributed by atoms with E-state index in [1.54, 1.807) is 6.20 Å². The highest BCUT2D eigenvalue weighted by Crippen LogP contribution is 2.35. The van der Waals surface area contributed by atoms with Gasteiger partial charge in [-0.3, -0.25) is 4.79 Å². The summed E-state index contributed by atoms with van der Waals surface area (Å²) in [6.45, 7) is 8.38. The van der Waals surface area contributed by atoms with Crippen LogP contribution in [0.2, 0.25) is 0 Å². The fourth-order valence-corrected chi connectivity index (χ4v) is 4.10. The van der Waals surface area contributed by atoms with Gasteiger partial charge in [0.2, 0.25) is 0 Å². The van der Waals surface area contributed by atoms with Crippen molar-refractivity contribution >= 4 is 16.7 Å². The van der Waals surface area contributed by atoms with E-state index in [0.717, 1.165) is 16.8 Å². The first kappa shape index (κ1) is 19.2. The maximum Gasteiger partial charge on any atom is 0.199 e. The Labute approximate surface area is 171 Å². The molecule has 0 radical (unpaired) electrons. The van der Waals surface area contributed by atoms with Gasteiger partial charge in [0.05, 0.1) is 0 Å². The number of carbonyl (C=O) groups excluding carboxylic acids is 1. The lowest BCUT2D eigenvalue weighted by atomic mass is 9.88. The van der Waals surface area contributed by atoms with Crippen molar-refractivity contribution in [3.8, 4) is 0 Å². The van der Waals surface area contributed by atoms with Crippen molar-refractivity contribution in [3.63, 3.8) is 0 Å². The SMILES string of the molecule is Cc1ccc2[nH]c([C@@H](CC(=O)c3nccn3C(C)C)c3ccccc3)c(C)c2c1. The summed E-state index contributed by atoms with van der Waals surface area (Å²) in [4.78, 5) is 21.2. The summed E-state index contributed by atoms with van der Waals surface area (Å²) in [7, 11) is 0. The van der Waals surface area contributed by atoms with Crippen LogP contribution in [-0.2, 0) is 0 Å². The van der Waals surface area contributed by atoms with Crippen LogP contribution < -0.4 is 0 Å². The zero-order valence-electron chi connectivity index (χ0n) is 17.4. The maximum atomic E-state index is 13.3. The number of nitrogens with zero attached hydrogens (tertiary/aromatic N) is 2. The van der Waals surface area contributed by atoms with Gasteiger partial charge in [0.15, 0.2) is 11.6 Å². The summed E-state index contributed by atoms with van der Waals surface area (Å²) in [5.41, 5.74) is 5.79. The first-order chi connectivity index (χ1) is 14.0. The topological polar surface area (TPSA) is 50.7 Å². The number of H-pyrrole nitrogens is 1. The molecule has 1 atom stereocenters. The van der Waals surface area contributed by atoms with Gasteiger partial charge in [0, 0.05) is 47.4 Å². The molecule has 2 aromatic heterocycles. The van der Waals surface area contributed by atoms with Crippen LogP contribution in [0, 0.1) is 13.8 Å². The van der Waals surface area contributed by atoms with Crippen molar-refractivity contribution in [2.45, 2.75) is 46.1 Å². The molecule has 0 saturated heterocycles.